The van der Waals surface area contributed by atoms with Gasteiger partial charge in [0, 0.05) is 22.7 Å². The van der Waals surface area contributed by atoms with E-state index in [1.54, 1.807) is 12.1 Å². The number of esters is 1. The summed E-state index contributed by atoms with van der Waals surface area (Å²) in [6, 6.07) is 13.4. The van der Waals surface area contributed by atoms with Crippen molar-refractivity contribution >= 4 is 35.0 Å². The number of thioether (sulfide) groups is 1. The first kappa shape index (κ1) is 21.4. The third-order valence-electron chi connectivity index (χ3n) is 3.93. The van der Waals surface area contributed by atoms with Crippen molar-refractivity contribution in [1.29, 1.82) is 0 Å². The van der Waals surface area contributed by atoms with E-state index in [2.05, 4.69) is 19.2 Å². The lowest BCUT2D eigenvalue weighted by atomic mass is 10.0. The fraction of sp³-hybridized carbons (Fsp3) is 0.300. The third kappa shape index (κ3) is 6.38. The van der Waals surface area contributed by atoms with E-state index in [1.165, 1.54) is 36.4 Å². The highest BCUT2D eigenvalue weighted by Gasteiger charge is 2.18. The number of ether oxygens (including phenoxy) is 1. The summed E-state index contributed by atoms with van der Waals surface area (Å²) in [5, 5.41) is 13.3. The van der Waals surface area contributed by atoms with Gasteiger partial charge in [-0.25, -0.2) is 0 Å². The Kier molecular flexibility index (Phi) is 7.57. The molecule has 0 aromatic heterocycles. The standard InChI is InChI=1S/C20H22N2O5S/c1-13(2)15-4-6-16(7-5-15)21-20(24)14(3)27-19(23)12-28-18-10-8-17(9-11-18)22(25)26/h4-11,13-14H,12H2,1-3H3,(H,21,24)/t14-/m0/s1. The molecule has 0 saturated carbocycles. The number of hydrogen-bond donors (Lipinski definition) is 1. The molecule has 0 aliphatic rings. The number of nitro groups is 1. The molecule has 0 saturated heterocycles. The largest absolute Gasteiger partial charge is 0.452 e. The molecule has 0 radical (unpaired) electrons. The zero-order valence-corrected chi connectivity index (χ0v) is 16.7. The van der Waals surface area contributed by atoms with E-state index in [1.807, 2.05) is 24.3 Å². The van der Waals surface area contributed by atoms with Crippen molar-refractivity contribution in [1.82, 2.24) is 0 Å². The third-order valence-corrected chi connectivity index (χ3v) is 4.91. The number of nitro benzene ring substituents is 1. The van der Waals surface area contributed by atoms with Crippen LogP contribution in [0.3, 0.4) is 0 Å². The lowest BCUT2D eigenvalue weighted by molar-refractivity contribution is -0.384. The van der Waals surface area contributed by atoms with Crippen LogP contribution in [0.4, 0.5) is 11.4 Å². The molecule has 1 atom stereocenters. The van der Waals surface area contributed by atoms with Gasteiger partial charge in [0.15, 0.2) is 6.10 Å². The zero-order chi connectivity index (χ0) is 20.7. The fourth-order valence-electron chi connectivity index (χ4n) is 2.29. The highest BCUT2D eigenvalue weighted by Crippen LogP contribution is 2.22. The van der Waals surface area contributed by atoms with Crippen LogP contribution in [-0.4, -0.2) is 28.7 Å². The van der Waals surface area contributed by atoms with Gasteiger partial charge in [0.05, 0.1) is 10.7 Å². The summed E-state index contributed by atoms with van der Waals surface area (Å²) in [5.41, 5.74) is 1.79. The Morgan fingerprint density at radius 2 is 1.68 bits per heavy atom. The predicted octanol–water partition coefficient (Wildman–Crippen LogP) is 4.38. The van der Waals surface area contributed by atoms with E-state index < -0.39 is 22.9 Å². The number of nitrogens with zero attached hydrogens (tertiary/aromatic N) is 1. The van der Waals surface area contributed by atoms with Crippen LogP contribution in [-0.2, 0) is 14.3 Å². The van der Waals surface area contributed by atoms with E-state index in [9.17, 15) is 19.7 Å². The van der Waals surface area contributed by atoms with Gasteiger partial charge in [-0.3, -0.25) is 19.7 Å². The molecule has 0 bridgehead atoms. The monoisotopic (exact) mass is 402 g/mol. The van der Waals surface area contributed by atoms with Gasteiger partial charge < -0.3 is 10.1 Å². The first-order valence-electron chi connectivity index (χ1n) is 8.74. The molecule has 7 nitrogen and oxygen atoms in total. The second-order valence-electron chi connectivity index (χ2n) is 6.44. The van der Waals surface area contributed by atoms with Crippen LogP contribution in [0.5, 0.6) is 0 Å². The van der Waals surface area contributed by atoms with Crippen molar-refractivity contribution < 1.29 is 19.2 Å². The second-order valence-corrected chi connectivity index (χ2v) is 7.49. The minimum atomic E-state index is -0.935. The predicted molar refractivity (Wildman–Crippen MR) is 109 cm³/mol. The van der Waals surface area contributed by atoms with Gasteiger partial charge in [0.2, 0.25) is 0 Å². The molecule has 1 amide bonds. The number of nitrogens with one attached hydrogen (secondary N) is 1. The molecule has 2 aromatic rings. The summed E-state index contributed by atoms with van der Waals surface area (Å²) in [4.78, 5) is 35.0. The molecule has 28 heavy (non-hydrogen) atoms. The molecule has 0 fully saturated rings. The van der Waals surface area contributed by atoms with Crippen LogP contribution in [0.2, 0.25) is 0 Å². The van der Waals surface area contributed by atoms with Crippen LogP contribution >= 0.6 is 11.8 Å². The first-order valence-corrected chi connectivity index (χ1v) is 9.72. The van der Waals surface area contributed by atoms with Crippen molar-refractivity contribution in [3.05, 3.63) is 64.2 Å². The molecule has 148 valence electrons. The Balaban J connectivity index is 1.80. The highest BCUT2D eigenvalue weighted by atomic mass is 32.2. The van der Waals surface area contributed by atoms with E-state index in [4.69, 9.17) is 4.74 Å². The van der Waals surface area contributed by atoms with Crippen molar-refractivity contribution in [2.75, 3.05) is 11.1 Å². The molecule has 0 aliphatic carbocycles. The summed E-state index contributed by atoms with van der Waals surface area (Å²) in [6.45, 7) is 5.68. The van der Waals surface area contributed by atoms with Crippen molar-refractivity contribution in [3.8, 4) is 0 Å². The number of anilines is 1. The Morgan fingerprint density at radius 1 is 1.07 bits per heavy atom. The van der Waals surface area contributed by atoms with Gasteiger partial charge in [0.1, 0.15) is 0 Å². The molecule has 8 heteroatoms. The number of hydrogen-bond acceptors (Lipinski definition) is 6. The van der Waals surface area contributed by atoms with Crippen LogP contribution in [0.1, 0.15) is 32.3 Å². The van der Waals surface area contributed by atoms with Gasteiger partial charge >= 0.3 is 5.97 Å². The zero-order valence-electron chi connectivity index (χ0n) is 15.9. The Morgan fingerprint density at radius 3 is 2.21 bits per heavy atom. The van der Waals surface area contributed by atoms with E-state index >= 15 is 0 Å². The van der Waals surface area contributed by atoms with Crippen LogP contribution in [0.15, 0.2) is 53.4 Å². The molecule has 0 spiro atoms. The SMILES string of the molecule is CC(C)c1ccc(NC(=O)[C@H](C)OC(=O)CSc2ccc([N+](=O)[O-])cc2)cc1. The lowest BCUT2D eigenvalue weighted by Gasteiger charge is -2.14. The topological polar surface area (TPSA) is 98.5 Å². The normalized spacial score (nSPS) is 11.7. The van der Waals surface area contributed by atoms with E-state index in [0.717, 1.165) is 0 Å². The number of carbonyl (C=O) groups excluding carboxylic acids is 2. The molecule has 0 aliphatic heterocycles. The molecule has 1 N–H and O–H groups in total. The maximum absolute atomic E-state index is 12.2. The second kappa shape index (κ2) is 9.89. The Hall–Kier alpha value is -2.87. The summed E-state index contributed by atoms with van der Waals surface area (Å²) < 4.78 is 5.15. The molecule has 0 heterocycles. The lowest BCUT2D eigenvalue weighted by Crippen LogP contribution is -2.30. The molecule has 2 aromatic carbocycles. The minimum Gasteiger partial charge on any atom is -0.452 e. The van der Waals surface area contributed by atoms with Gasteiger partial charge in [-0.15, -0.1) is 11.8 Å². The molecule has 0 unspecified atom stereocenters. The molecule has 2 rings (SSSR count). The summed E-state index contributed by atoms with van der Waals surface area (Å²) in [6.07, 6.45) is -0.935. The maximum atomic E-state index is 12.2. The first-order chi connectivity index (χ1) is 13.3. The minimum absolute atomic E-state index is 0.00147. The summed E-state index contributed by atoms with van der Waals surface area (Å²) >= 11 is 1.18. The average Bonchev–Trinajstić information content (AvgIpc) is 2.67. The number of benzene rings is 2. The van der Waals surface area contributed by atoms with Crippen LogP contribution in [0, 0.1) is 10.1 Å². The summed E-state index contributed by atoms with van der Waals surface area (Å²) in [7, 11) is 0. The Bertz CT molecular complexity index is 835. The van der Waals surface area contributed by atoms with Crippen molar-refractivity contribution in [3.63, 3.8) is 0 Å². The fourth-order valence-corrected chi connectivity index (χ4v) is 2.97. The van der Waals surface area contributed by atoms with Crippen molar-refractivity contribution in [2.45, 2.75) is 37.7 Å². The van der Waals surface area contributed by atoms with Crippen molar-refractivity contribution in [2.24, 2.45) is 0 Å². The van der Waals surface area contributed by atoms with Crippen LogP contribution in [0.25, 0.3) is 0 Å². The quantitative estimate of drug-likeness (QED) is 0.304. The van der Waals surface area contributed by atoms with Crippen LogP contribution < -0.4 is 5.32 Å². The number of amides is 1. The maximum Gasteiger partial charge on any atom is 0.317 e. The average molecular weight is 402 g/mol. The van der Waals surface area contributed by atoms with Gasteiger partial charge in [-0.1, -0.05) is 26.0 Å². The highest BCUT2D eigenvalue weighted by molar-refractivity contribution is 8.00. The number of rotatable bonds is 8. The van der Waals surface area contributed by atoms with Gasteiger partial charge in [-0.2, -0.15) is 0 Å². The van der Waals surface area contributed by atoms with Gasteiger partial charge in [0.25, 0.3) is 11.6 Å². The Labute approximate surface area is 167 Å². The number of non-ortho nitro benzene ring substituents is 1. The molecular formula is C20H22N2O5S. The van der Waals surface area contributed by atoms with Gasteiger partial charge in [-0.05, 0) is 42.7 Å². The van der Waals surface area contributed by atoms with E-state index in [-0.39, 0.29) is 11.4 Å². The smallest absolute Gasteiger partial charge is 0.317 e. The summed E-state index contributed by atoms with van der Waals surface area (Å²) in [5.74, 6) is -0.552. The molecular weight excluding hydrogens is 380 g/mol. The van der Waals surface area contributed by atoms with E-state index in [0.29, 0.717) is 16.5 Å². The number of carbonyl (C=O) groups is 2.